The van der Waals surface area contributed by atoms with Crippen LogP contribution in [0.25, 0.3) is 0 Å². The number of rotatable bonds is 3. The molecule has 0 fully saturated rings. The van der Waals surface area contributed by atoms with Gasteiger partial charge in [0.1, 0.15) is 30.0 Å². The first-order valence-corrected chi connectivity index (χ1v) is 5.79. The fraction of sp³-hybridized carbons (Fsp3) is 0.214. The van der Waals surface area contributed by atoms with E-state index in [1.165, 1.54) is 12.1 Å². The predicted molar refractivity (Wildman–Crippen MR) is 64.3 cm³/mol. The summed E-state index contributed by atoms with van der Waals surface area (Å²) in [6.45, 7) is 0.433. The summed E-state index contributed by atoms with van der Waals surface area (Å²) in [4.78, 5) is 3.97. The van der Waals surface area contributed by atoms with Crippen molar-refractivity contribution in [3.8, 4) is 11.5 Å². The first-order chi connectivity index (χ1) is 8.81. The van der Waals surface area contributed by atoms with Crippen LogP contribution in [-0.4, -0.2) is 17.7 Å². The molecule has 1 aliphatic heterocycles. The summed E-state index contributed by atoms with van der Waals surface area (Å²) < 4.78 is 24.3. The van der Waals surface area contributed by atoms with Gasteiger partial charge in [0.15, 0.2) is 0 Å². The van der Waals surface area contributed by atoms with Crippen LogP contribution >= 0.6 is 0 Å². The Labute approximate surface area is 104 Å². The number of fused-ring (bicyclic) bond motifs is 1. The number of hydrogen-bond acceptors (Lipinski definition) is 3. The highest BCUT2D eigenvalue weighted by Gasteiger charge is 2.23. The normalized spacial score (nSPS) is 17.1. The van der Waals surface area contributed by atoms with Gasteiger partial charge in [-0.05, 0) is 30.3 Å². The molecule has 18 heavy (non-hydrogen) atoms. The maximum atomic E-state index is 13.0. The lowest BCUT2D eigenvalue weighted by Gasteiger charge is -2.11. The maximum Gasteiger partial charge on any atom is 0.137 e. The second-order valence-electron chi connectivity index (χ2n) is 4.20. The summed E-state index contributed by atoms with van der Waals surface area (Å²) in [7, 11) is 0. The van der Waals surface area contributed by atoms with Crippen LogP contribution in [0.5, 0.6) is 11.5 Å². The Kier molecular flexibility index (Phi) is 2.84. The van der Waals surface area contributed by atoms with Crippen LogP contribution in [0.4, 0.5) is 4.39 Å². The minimum Gasteiger partial charge on any atom is -0.488 e. The molecule has 1 unspecified atom stereocenters. The fourth-order valence-electron chi connectivity index (χ4n) is 2.00. The third-order valence-electron chi connectivity index (χ3n) is 2.83. The van der Waals surface area contributed by atoms with Crippen LogP contribution in [0, 0.1) is 5.82 Å². The molecule has 0 radical (unpaired) electrons. The Morgan fingerprint density at radius 1 is 1.39 bits per heavy atom. The summed E-state index contributed by atoms with van der Waals surface area (Å²) in [5.74, 6) is 1.23. The molecule has 0 spiro atoms. The molecule has 0 bridgehead atoms. The lowest BCUT2D eigenvalue weighted by Crippen LogP contribution is -2.22. The number of benzene rings is 1. The molecule has 3 rings (SSSR count). The van der Waals surface area contributed by atoms with E-state index in [4.69, 9.17) is 9.47 Å². The lowest BCUT2D eigenvalue weighted by atomic mass is 10.1. The zero-order chi connectivity index (χ0) is 12.4. The minimum atomic E-state index is -0.230. The van der Waals surface area contributed by atoms with E-state index in [0.29, 0.717) is 18.8 Å². The van der Waals surface area contributed by atoms with Gasteiger partial charge >= 0.3 is 0 Å². The summed E-state index contributed by atoms with van der Waals surface area (Å²) in [5.41, 5.74) is 0.898. The summed E-state index contributed by atoms with van der Waals surface area (Å²) in [6.07, 6.45) is 3.95. The molecule has 2 heterocycles. The van der Waals surface area contributed by atoms with Crippen molar-refractivity contribution in [2.24, 2.45) is 0 Å². The Bertz CT molecular complexity index is 545. The third-order valence-corrected chi connectivity index (χ3v) is 2.83. The van der Waals surface area contributed by atoms with E-state index in [9.17, 15) is 4.39 Å². The number of aromatic nitrogens is 1. The van der Waals surface area contributed by atoms with Gasteiger partial charge in [-0.25, -0.2) is 4.39 Å². The molecular formula is C14H12FNO2. The molecule has 1 aromatic carbocycles. The van der Waals surface area contributed by atoms with Crippen molar-refractivity contribution in [2.75, 3.05) is 6.61 Å². The average molecular weight is 245 g/mol. The van der Waals surface area contributed by atoms with Crippen LogP contribution in [0.1, 0.15) is 5.56 Å². The molecule has 1 atom stereocenters. The Balaban J connectivity index is 1.61. The van der Waals surface area contributed by atoms with E-state index in [0.717, 1.165) is 11.3 Å². The third kappa shape index (κ3) is 2.27. The number of nitrogens with zero attached hydrogens (tertiary/aromatic N) is 1. The van der Waals surface area contributed by atoms with E-state index in [-0.39, 0.29) is 11.9 Å². The molecule has 1 aromatic heterocycles. The second kappa shape index (κ2) is 4.64. The highest BCUT2D eigenvalue weighted by atomic mass is 19.1. The van der Waals surface area contributed by atoms with Crippen molar-refractivity contribution in [2.45, 2.75) is 12.5 Å². The molecule has 0 amide bonds. The molecular weight excluding hydrogens is 233 g/mol. The highest BCUT2D eigenvalue weighted by Crippen LogP contribution is 2.29. The predicted octanol–water partition coefficient (Wildman–Crippen LogP) is 2.60. The highest BCUT2D eigenvalue weighted by molar-refractivity contribution is 5.37. The first kappa shape index (κ1) is 11.0. The minimum absolute atomic E-state index is 0.0676. The summed E-state index contributed by atoms with van der Waals surface area (Å²) in [6, 6.07) is 8.24. The Morgan fingerprint density at radius 3 is 3.17 bits per heavy atom. The van der Waals surface area contributed by atoms with Crippen molar-refractivity contribution in [3.05, 3.63) is 54.1 Å². The van der Waals surface area contributed by atoms with Gasteiger partial charge < -0.3 is 9.47 Å². The van der Waals surface area contributed by atoms with Gasteiger partial charge in [-0.3, -0.25) is 4.98 Å². The molecule has 1 aliphatic rings. The molecule has 3 nitrogen and oxygen atoms in total. The summed E-state index contributed by atoms with van der Waals surface area (Å²) >= 11 is 0. The van der Waals surface area contributed by atoms with E-state index >= 15 is 0 Å². The smallest absolute Gasteiger partial charge is 0.137 e. The largest absolute Gasteiger partial charge is 0.488 e. The fourth-order valence-corrected chi connectivity index (χ4v) is 2.00. The van der Waals surface area contributed by atoms with Crippen molar-refractivity contribution in [1.82, 2.24) is 4.98 Å². The van der Waals surface area contributed by atoms with E-state index in [1.807, 2.05) is 12.1 Å². The molecule has 2 aromatic rings. The zero-order valence-electron chi connectivity index (χ0n) is 9.67. The van der Waals surface area contributed by atoms with E-state index in [2.05, 4.69) is 4.98 Å². The topological polar surface area (TPSA) is 31.4 Å². The van der Waals surface area contributed by atoms with Gasteiger partial charge in [0, 0.05) is 18.2 Å². The van der Waals surface area contributed by atoms with Gasteiger partial charge in [-0.2, -0.15) is 0 Å². The second-order valence-corrected chi connectivity index (χ2v) is 4.20. The standard InChI is InChI=1S/C14H12FNO2/c15-11-3-4-14-10(6-11)7-13(18-14)9-17-12-2-1-5-16-8-12/h1-6,8,13H,7,9H2. The van der Waals surface area contributed by atoms with Crippen molar-refractivity contribution < 1.29 is 13.9 Å². The molecule has 0 saturated heterocycles. The van der Waals surface area contributed by atoms with Crippen LogP contribution in [0.15, 0.2) is 42.7 Å². The molecule has 0 N–H and O–H groups in total. The molecule has 92 valence electrons. The molecule has 0 saturated carbocycles. The monoisotopic (exact) mass is 245 g/mol. The number of pyridine rings is 1. The van der Waals surface area contributed by atoms with Gasteiger partial charge in [0.2, 0.25) is 0 Å². The van der Waals surface area contributed by atoms with Gasteiger partial charge in [-0.1, -0.05) is 0 Å². The lowest BCUT2D eigenvalue weighted by molar-refractivity contribution is 0.148. The van der Waals surface area contributed by atoms with Crippen molar-refractivity contribution in [1.29, 1.82) is 0 Å². The van der Waals surface area contributed by atoms with Crippen LogP contribution in [-0.2, 0) is 6.42 Å². The zero-order valence-corrected chi connectivity index (χ0v) is 9.67. The van der Waals surface area contributed by atoms with E-state index < -0.39 is 0 Å². The Hall–Kier alpha value is -2.10. The van der Waals surface area contributed by atoms with Crippen LogP contribution < -0.4 is 9.47 Å². The quantitative estimate of drug-likeness (QED) is 0.833. The van der Waals surface area contributed by atoms with Gasteiger partial charge in [0.05, 0.1) is 6.20 Å². The number of halogens is 1. The van der Waals surface area contributed by atoms with E-state index in [1.54, 1.807) is 18.5 Å². The van der Waals surface area contributed by atoms with Gasteiger partial charge in [-0.15, -0.1) is 0 Å². The molecule has 4 heteroatoms. The number of hydrogen-bond donors (Lipinski definition) is 0. The van der Waals surface area contributed by atoms with Crippen molar-refractivity contribution >= 4 is 0 Å². The maximum absolute atomic E-state index is 13.0. The molecule has 0 aliphatic carbocycles. The Morgan fingerprint density at radius 2 is 2.33 bits per heavy atom. The van der Waals surface area contributed by atoms with Crippen LogP contribution in [0.2, 0.25) is 0 Å². The van der Waals surface area contributed by atoms with Gasteiger partial charge in [0.25, 0.3) is 0 Å². The van der Waals surface area contributed by atoms with Crippen LogP contribution in [0.3, 0.4) is 0 Å². The number of ether oxygens (including phenoxy) is 2. The average Bonchev–Trinajstić information content (AvgIpc) is 2.79. The first-order valence-electron chi connectivity index (χ1n) is 5.79. The SMILES string of the molecule is Fc1ccc2c(c1)CC(COc1cccnc1)O2. The van der Waals surface area contributed by atoms with Crippen molar-refractivity contribution in [3.63, 3.8) is 0 Å². The summed E-state index contributed by atoms with van der Waals surface area (Å²) in [5, 5.41) is 0.